The Bertz CT molecular complexity index is 490. The largest absolute Gasteiger partial charge is 0.411 e. The Hall–Kier alpha value is -1.63. The Balaban J connectivity index is 2.38. The molecule has 0 aliphatic rings. The Morgan fingerprint density at radius 3 is 2.95 bits per heavy atom. The molecular weight excluding hydrogens is 283 g/mol. The predicted octanol–water partition coefficient (Wildman–Crippen LogP) is 0.971. The van der Waals surface area contributed by atoms with Gasteiger partial charge in [-0.15, -0.1) is 0 Å². The number of rotatable bonds is 4. The van der Waals surface area contributed by atoms with E-state index in [-0.39, 0.29) is 11.7 Å². The molecule has 1 aromatic rings. The average molecular weight is 293 g/mol. The van der Waals surface area contributed by atoms with Gasteiger partial charge in [-0.2, -0.15) is 13.2 Å². The number of carbonyl (C=O) groups is 1. The molecule has 1 heterocycles. The maximum atomic E-state index is 11.8. The maximum absolute atomic E-state index is 11.8. The summed E-state index contributed by atoms with van der Waals surface area (Å²) in [6, 6.07) is 0. The Labute approximate surface area is 111 Å². The van der Waals surface area contributed by atoms with Crippen LogP contribution in [0.25, 0.3) is 0 Å². The smallest absolute Gasteiger partial charge is 0.362 e. The van der Waals surface area contributed by atoms with Crippen molar-refractivity contribution in [3.63, 3.8) is 0 Å². The number of nitrogens with two attached hydrogens (primary N) is 1. The van der Waals surface area contributed by atoms with Crippen molar-refractivity contribution in [2.24, 2.45) is 5.73 Å². The third-order valence-electron chi connectivity index (χ3n) is 1.56. The molecule has 0 unspecified atom stereocenters. The topological polar surface area (TPSA) is 77.2 Å². The van der Waals surface area contributed by atoms with E-state index in [0.717, 1.165) is 11.3 Å². The van der Waals surface area contributed by atoms with Crippen LogP contribution in [0.1, 0.15) is 4.88 Å². The number of anilines is 1. The van der Waals surface area contributed by atoms with Gasteiger partial charge in [0.1, 0.15) is 13.2 Å². The van der Waals surface area contributed by atoms with Crippen LogP contribution in [-0.4, -0.2) is 36.8 Å². The molecule has 0 aliphatic carbocycles. The maximum Gasteiger partial charge on any atom is 0.411 e. The lowest BCUT2D eigenvalue weighted by Crippen LogP contribution is -2.23. The van der Waals surface area contributed by atoms with Crippen molar-refractivity contribution in [1.82, 2.24) is 4.98 Å². The molecule has 0 saturated carbocycles. The molecule has 0 spiro atoms. The number of ether oxygens (including phenoxy) is 1. The lowest BCUT2D eigenvalue weighted by molar-refractivity contribution is -0.174. The van der Waals surface area contributed by atoms with Crippen molar-refractivity contribution in [2.75, 3.05) is 25.1 Å². The first-order chi connectivity index (χ1) is 8.90. The van der Waals surface area contributed by atoms with E-state index in [2.05, 4.69) is 26.9 Å². The molecule has 0 aliphatic heterocycles. The van der Waals surface area contributed by atoms with Gasteiger partial charge in [-0.1, -0.05) is 23.2 Å². The molecule has 104 valence electrons. The first-order valence-corrected chi connectivity index (χ1v) is 5.81. The quantitative estimate of drug-likeness (QED) is 0.811. The molecule has 5 nitrogen and oxygen atoms in total. The lowest BCUT2D eigenvalue weighted by atomic mass is 10.5. The highest BCUT2D eigenvalue weighted by Crippen LogP contribution is 2.17. The van der Waals surface area contributed by atoms with Crippen molar-refractivity contribution < 1.29 is 22.7 Å². The number of alkyl halides is 3. The summed E-state index contributed by atoms with van der Waals surface area (Å²) < 4.78 is 39.5. The number of nitrogens with one attached hydrogen (secondary N) is 1. The number of nitrogens with zero attached hydrogens (tertiary/aromatic N) is 1. The number of halogens is 3. The Morgan fingerprint density at radius 1 is 1.58 bits per heavy atom. The molecule has 3 N–H and O–H groups in total. The molecule has 0 aromatic carbocycles. The molecule has 19 heavy (non-hydrogen) atoms. The first kappa shape index (κ1) is 15.4. The number of carbonyl (C=O) groups excluding carboxylic acids is 1. The van der Waals surface area contributed by atoms with Crippen molar-refractivity contribution in [1.29, 1.82) is 0 Å². The molecule has 1 aromatic heterocycles. The van der Waals surface area contributed by atoms with Gasteiger partial charge in [-0.05, 0) is 0 Å². The molecule has 1 rings (SSSR count). The molecule has 0 radical (unpaired) electrons. The number of aromatic nitrogens is 1. The van der Waals surface area contributed by atoms with Crippen molar-refractivity contribution >= 4 is 22.4 Å². The zero-order chi connectivity index (χ0) is 14.3. The van der Waals surface area contributed by atoms with Crippen LogP contribution < -0.4 is 11.1 Å². The highest BCUT2D eigenvalue weighted by atomic mass is 32.1. The third kappa shape index (κ3) is 6.76. The van der Waals surface area contributed by atoms with Crippen LogP contribution in [0.5, 0.6) is 0 Å². The van der Waals surface area contributed by atoms with Gasteiger partial charge in [0.25, 0.3) is 5.91 Å². The van der Waals surface area contributed by atoms with Crippen LogP contribution in [-0.2, 0) is 9.53 Å². The second kappa shape index (κ2) is 7.08. The molecule has 0 atom stereocenters. The monoisotopic (exact) mass is 293 g/mol. The van der Waals surface area contributed by atoms with Crippen LogP contribution in [0.15, 0.2) is 6.20 Å². The number of hydrogen-bond acceptors (Lipinski definition) is 5. The summed E-state index contributed by atoms with van der Waals surface area (Å²) in [7, 11) is 0. The van der Waals surface area contributed by atoms with Crippen molar-refractivity contribution in [3.8, 4) is 11.8 Å². The number of thiazole rings is 1. The molecule has 9 heteroatoms. The highest BCUT2D eigenvalue weighted by Gasteiger charge is 2.27. The minimum absolute atomic E-state index is 0.199. The Kier molecular flexibility index (Phi) is 5.75. The average Bonchev–Trinajstić information content (AvgIpc) is 2.72. The number of amides is 1. The predicted molar refractivity (Wildman–Crippen MR) is 63.6 cm³/mol. The van der Waals surface area contributed by atoms with Crippen LogP contribution >= 0.6 is 11.3 Å². The van der Waals surface area contributed by atoms with E-state index in [1.165, 1.54) is 6.20 Å². The minimum atomic E-state index is -4.45. The minimum Gasteiger partial charge on any atom is -0.362 e. The van der Waals surface area contributed by atoms with Gasteiger partial charge in [-0.3, -0.25) is 10.1 Å². The molecule has 0 saturated heterocycles. The summed E-state index contributed by atoms with van der Waals surface area (Å²) in [5, 5.41) is 2.54. The van der Waals surface area contributed by atoms with Crippen LogP contribution in [0.2, 0.25) is 0 Å². The van der Waals surface area contributed by atoms with Crippen LogP contribution in [0, 0.1) is 11.8 Å². The molecule has 0 bridgehead atoms. The van der Waals surface area contributed by atoms with Crippen molar-refractivity contribution in [3.05, 3.63) is 11.1 Å². The summed E-state index contributed by atoms with van der Waals surface area (Å²) in [5.41, 5.74) is 5.19. The normalized spacial score (nSPS) is 10.7. The van der Waals surface area contributed by atoms with Crippen LogP contribution in [0.4, 0.5) is 18.3 Å². The second-order valence-electron chi connectivity index (χ2n) is 3.19. The van der Waals surface area contributed by atoms with Gasteiger partial charge in [0.2, 0.25) is 0 Å². The molecule has 0 fully saturated rings. The van der Waals surface area contributed by atoms with E-state index in [0.29, 0.717) is 4.88 Å². The van der Waals surface area contributed by atoms with Crippen molar-refractivity contribution in [2.45, 2.75) is 6.18 Å². The van der Waals surface area contributed by atoms with Crippen LogP contribution in [0.3, 0.4) is 0 Å². The zero-order valence-electron chi connectivity index (χ0n) is 9.58. The number of hydrogen-bond donors (Lipinski definition) is 2. The van der Waals surface area contributed by atoms with E-state index in [4.69, 9.17) is 5.73 Å². The molecular formula is C10H10F3N3O2S. The van der Waals surface area contributed by atoms with E-state index in [1.54, 1.807) is 0 Å². The summed E-state index contributed by atoms with van der Waals surface area (Å²) in [6.07, 6.45) is -3.02. The van der Waals surface area contributed by atoms with Gasteiger partial charge < -0.3 is 10.5 Å². The molecule has 1 amide bonds. The van der Waals surface area contributed by atoms with E-state index < -0.39 is 25.3 Å². The standard InChI is InChI=1S/C10H10F3N3O2S/c11-10(12,13)6-18-5-8(17)16-9-15-4-7(19-9)2-1-3-14/h4H,3,5-6,14H2,(H,15,16,17). The van der Waals surface area contributed by atoms with Gasteiger partial charge >= 0.3 is 6.18 Å². The summed E-state index contributed by atoms with van der Waals surface area (Å²) in [5.74, 6) is 4.61. The van der Waals surface area contributed by atoms with Gasteiger partial charge in [0, 0.05) is 0 Å². The van der Waals surface area contributed by atoms with E-state index in [1.807, 2.05) is 0 Å². The summed E-state index contributed by atoms with van der Waals surface area (Å²) >= 11 is 1.09. The highest BCUT2D eigenvalue weighted by molar-refractivity contribution is 7.16. The van der Waals surface area contributed by atoms with Gasteiger partial charge in [-0.25, -0.2) is 4.98 Å². The second-order valence-corrected chi connectivity index (χ2v) is 4.22. The van der Waals surface area contributed by atoms with Gasteiger partial charge in [0.05, 0.1) is 17.6 Å². The zero-order valence-corrected chi connectivity index (χ0v) is 10.4. The SMILES string of the molecule is NCC#Cc1cnc(NC(=O)COCC(F)(F)F)s1. The summed E-state index contributed by atoms with van der Waals surface area (Å²) in [6.45, 7) is -1.96. The van der Waals surface area contributed by atoms with E-state index >= 15 is 0 Å². The van der Waals surface area contributed by atoms with E-state index in [9.17, 15) is 18.0 Å². The van der Waals surface area contributed by atoms with Gasteiger partial charge in [0.15, 0.2) is 5.13 Å². The summed E-state index contributed by atoms with van der Waals surface area (Å²) in [4.78, 5) is 15.7. The Morgan fingerprint density at radius 2 is 2.32 bits per heavy atom. The third-order valence-corrected chi connectivity index (χ3v) is 2.39. The first-order valence-electron chi connectivity index (χ1n) is 5.00. The fourth-order valence-electron chi connectivity index (χ4n) is 0.943. The fraction of sp³-hybridized carbons (Fsp3) is 0.400. The lowest BCUT2D eigenvalue weighted by Gasteiger charge is -2.06. The fourth-order valence-corrected chi connectivity index (χ4v) is 1.65.